The van der Waals surface area contributed by atoms with E-state index < -0.39 is 0 Å². The molecule has 1 aliphatic heterocycles. The van der Waals surface area contributed by atoms with Gasteiger partial charge in [-0.1, -0.05) is 17.7 Å². The molecule has 0 N–H and O–H groups in total. The van der Waals surface area contributed by atoms with Gasteiger partial charge in [-0.25, -0.2) is 9.50 Å². The minimum absolute atomic E-state index is 0.0426. The predicted molar refractivity (Wildman–Crippen MR) is 97.3 cm³/mol. The minimum atomic E-state index is -0.0426. The van der Waals surface area contributed by atoms with E-state index in [1.165, 1.54) is 0 Å². The number of rotatable bonds is 2. The molecule has 3 aromatic rings. The number of anilines is 1. The van der Waals surface area contributed by atoms with Gasteiger partial charge in [0.2, 0.25) is 0 Å². The molecule has 1 saturated heterocycles. The Kier molecular flexibility index (Phi) is 4.05. The zero-order valence-corrected chi connectivity index (χ0v) is 14.6. The lowest BCUT2D eigenvalue weighted by Gasteiger charge is -2.36. The first kappa shape index (κ1) is 15.9. The van der Waals surface area contributed by atoms with Crippen LogP contribution in [-0.4, -0.2) is 51.6 Å². The lowest BCUT2D eigenvalue weighted by molar-refractivity contribution is 0.0739. The Balaban J connectivity index is 1.46. The van der Waals surface area contributed by atoms with E-state index in [4.69, 9.17) is 11.6 Å². The van der Waals surface area contributed by atoms with Crippen molar-refractivity contribution in [2.75, 3.05) is 31.1 Å². The fourth-order valence-corrected chi connectivity index (χ4v) is 3.30. The molecule has 7 heteroatoms. The summed E-state index contributed by atoms with van der Waals surface area (Å²) in [6.45, 7) is 4.78. The summed E-state index contributed by atoms with van der Waals surface area (Å²) in [6, 6.07) is 11.4. The second-order valence-electron chi connectivity index (χ2n) is 6.16. The maximum Gasteiger partial charge on any atom is 0.274 e. The van der Waals surface area contributed by atoms with Gasteiger partial charge in [0.1, 0.15) is 5.69 Å². The molecule has 1 fully saturated rings. The van der Waals surface area contributed by atoms with Crippen molar-refractivity contribution in [3.63, 3.8) is 0 Å². The molecule has 2 aromatic heterocycles. The summed E-state index contributed by atoms with van der Waals surface area (Å²) in [6.07, 6.45) is 1.82. The first-order chi connectivity index (χ1) is 12.1. The van der Waals surface area contributed by atoms with Crippen molar-refractivity contribution in [1.82, 2.24) is 19.5 Å². The van der Waals surface area contributed by atoms with Crippen molar-refractivity contribution in [3.8, 4) is 0 Å². The van der Waals surface area contributed by atoms with E-state index in [2.05, 4.69) is 15.0 Å². The van der Waals surface area contributed by atoms with Gasteiger partial charge in [-0.2, -0.15) is 5.10 Å². The van der Waals surface area contributed by atoms with Gasteiger partial charge in [0.25, 0.3) is 5.91 Å². The van der Waals surface area contributed by atoms with E-state index in [0.29, 0.717) is 18.8 Å². The summed E-state index contributed by atoms with van der Waals surface area (Å²) in [7, 11) is 0. The van der Waals surface area contributed by atoms with Gasteiger partial charge in [-0.15, -0.1) is 0 Å². The molecule has 0 radical (unpaired) electrons. The van der Waals surface area contributed by atoms with Crippen LogP contribution in [0.25, 0.3) is 5.65 Å². The Morgan fingerprint density at radius 1 is 1.12 bits per heavy atom. The van der Waals surface area contributed by atoms with Crippen LogP contribution in [0.1, 0.15) is 16.2 Å². The zero-order valence-electron chi connectivity index (χ0n) is 13.9. The molecule has 128 valence electrons. The van der Waals surface area contributed by atoms with Crippen LogP contribution in [-0.2, 0) is 0 Å². The van der Waals surface area contributed by atoms with E-state index in [1.807, 2.05) is 48.4 Å². The highest BCUT2D eigenvalue weighted by Gasteiger charge is 2.23. The van der Waals surface area contributed by atoms with E-state index in [1.54, 1.807) is 10.6 Å². The largest absolute Gasteiger partial charge is 0.368 e. The average molecular weight is 356 g/mol. The normalized spacial score (nSPS) is 15.0. The third kappa shape index (κ3) is 3.17. The summed E-state index contributed by atoms with van der Waals surface area (Å²) in [4.78, 5) is 21.2. The molecule has 25 heavy (non-hydrogen) atoms. The highest BCUT2D eigenvalue weighted by molar-refractivity contribution is 6.30. The van der Waals surface area contributed by atoms with Crippen molar-refractivity contribution in [1.29, 1.82) is 0 Å². The maximum absolute atomic E-state index is 12.7. The Morgan fingerprint density at radius 2 is 1.92 bits per heavy atom. The number of halogens is 1. The van der Waals surface area contributed by atoms with Gasteiger partial charge < -0.3 is 9.80 Å². The number of amides is 1. The Hall–Kier alpha value is -2.60. The highest BCUT2D eigenvalue weighted by atomic mass is 35.5. The number of carbonyl (C=O) groups excluding carboxylic acids is 1. The molecule has 1 aliphatic rings. The fraction of sp³-hybridized carbons (Fsp3) is 0.278. The van der Waals surface area contributed by atoms with Crippen LogP contribution in [0.3, 0.4) is 0 Å². The summed E-state index contributed by atoms with van der Waals surface area (Å²) >= 11 is 6.07. The van der Waals surface area contributed by atoms with Crippen molar-refractivity contribution in [3.05, 3.63) is 59.0 Å². The third-order valence-electron chi connectivity index (χ3n) is 4.40. The topological polar surface area (TPSA) is 53.7 Å². The van der Waals surface area contributed by atoms with Crippen LogP contribution < -0.4 is 4.90 Å². The summed E-state index contributed by atoms with van der Waals surface area (Å²) in [5.74, 6) is -0.0426. The molecule has 6 nitrogen and oxygen atoms in total. The first-order valence-electron chi connectivity index (χ1n) is 8.23. The van der Waals surface area contributed by atoms with E-state index in [9.17, 15) is 4.79 Å². The maximum atomic E-state index is 12.7. The van der Waals surface area contributed by atoms with Crippen molar-refractivity contribution in [2.24, 2.45) is 0 Å². The minimum Gasteiger partial charge on any atom is -0.368 e. The second-order valence-corrected chi connectivity index (χ2v) is 6.60. The first-order valence-corrected chi connectivity index (χ1v) is 8.61. The van der Waals surface area contributed by atoms with Crippen LogP contribution in [0.15, 0.2) is 42.6 Å². The van der Waals surface area contributed by atoms with Crippen molar-refractivity contribution < 1.29 is 4.79 Å². The quantitative estimate of drug-likeness (QED) is 0.709. The van der Waals surface area contributed by atoms with Crippen LogP contribution in [0.4, 0.5) is 5.69 Å². The molecule has 0 saturated carbocycles. The van der Waals surface area contributed by atoms with Crippen LogP contribution in [0.5, 0.6) is 0 Å². The number of imidazole rings is 1. The monoisotopic (exact) mass is 355 g/mol. The highest BCUT2D eigenvalue weighted by Crippen LogP contribution is 2.21. The SMILES string of the molecule is Cc1cn2nc(C(=O)N3CCN(c4cccc(Cl)c4)CC3)ccc2n1. The molecule has 0 unspecified atom stereocenters. The molecular formula is C18H18ClN5O. The molecular weight excluding hydrogens is 338 g/mol. The molecule has 0 bridgehead atoms. The average Bonchev–Trinajstić information content (AvgIpc) is 3.00. The zero-order chi connectivity index (χ0) is 17.4. The van der Waals surface area contributed by atoms with Gasteiger partial charge in [0.05, 0.1) is 11.9 Å². The van der Waals surface area contributed by atoms with E-state index in [-0.39, 0.29) is 5.91 Å². The second kappa shape index (κ2) is 6.37. The number of piperazine rings is 1. The lowest BCUT2D eigenvalue weighted by atomic mass is 10.2. The van der Waals surface area contributed by atoms with Gasteiger partial charge in [-0.05, 0) is 37.3 Å². The number of hydrogen-bond donors (Lipinski definition) is 0. The Bertz CT molecular complexity index is 930. The van der Waals surface area contributed by atoms with Crippen molar-refractivity contribution >= 4 is 28.8 Å². The van der Waals surface area contributed by atoms with Crippen LogP contribution in [0, 0.1) is 6.92 Å². The lowest BCUT2D eigenvalue weighted by Crippen LogP contribution is -2.49. The Labute approximate surface area is 150 Å². The standard InChI is InChI=1S/C18H18ClN5O/c1-13-12-24-17(20-13)6-5-16(21-24)18(25)23-9-7-22(8-10-23)15-4-2-3-14(19)11-15/h2-6,11-12H,7-10H2,1H3. The van der Waals surface area contributed by atoms with Crippen LogP contribution in [0.2, 0.25) is 5.02 Å². The fourth-order valence-electron chi connectivity index (χ4n) is 3.12. The van der Waals surface area contributed by atoms with Gasteiger partial charge in [-0.3, -0.25) is 4.79 Å². The van der Waals surface area contributed by atoms with Gasteiger partial charge >= 0.3 is 0 Å². The van der Waals surface area contributed by atoms with E-state index >= 15 is 0 Å². The van der Waals surface area contributed by atoms with Crippen LogP contribution >= 0.6 is 11.6 Å². The molecule has 0 aliphatic carbocycles. The molecule has 0 atom stereocenters. The number of aryl methyl sites for hydroxylation is 1. The molecule has 0 spiro atoms. The smallest absolute Gasteiger partial charge is 0.274 e. The molecule has 1 amide bonds. The molecule has 3 heterocycles. The predicted octanol–water partition coefficient (Wildman–Crippen LogP) is 2.65. The number of benzene rings is 1. The number of aromatic nitrogens is 3. The Morgan fingerprint density at radius 3 is 2.68 bits per heavy atom. The number of carbonyl (C=O) groups is 1. The molecule has 4 rings (SSSR count). The number of hydrogen-bond acceptors (Lipinski definition) is 4. The van der Waals surface area contributed by atoms with Gasteiger partial charge in [0.15, 0.2) is 5.65 Å². The molecule has 1 aromatic carbocycles. The van der Waals surface area contributed by atoms with Gasteiger partial charge in [0, 0.05) is 36.9 Å². The summed E-state index contributed by atoms with van der Waals surface area (Å²) in [5, 5.41) is 5.12. The number of fused-ring (bicyclic) bond motifs is 1. The summed E-state index contributed by atoms with van der Waals surface area (Å²) in [5.41, 5.74) is 3.17. The summed E-state index contributed by atoms with van der Waals surface area (Å²) < 4.78 is 1.66. The van der Waals surface area contributed by atoms with E-state index in [0.717, 1.165) is 35.1 Å². The third-order valence-corrected chi connectivity index (χ3v) is 4.63. The van der Waals surface area contributed by atoms with Crippen molar-refractivity contribution in [2.45, 2.75) is 6.92 Å². The number of nitrogens with zero attached hydrogens (tertiary/aromatic N) is 5.